The normalized spacial score (nSPS) is 17.1. The van der Waals surface area contributed by atoms with Gasteiger partial charge in [-0.25, -0.2) is 4.98 Å². The zero-order chi connectivity index (χ0) is 25.2. The average molecular weight is 506 g/mol. The highest BCUT2D eigenvalue weighted by atomic mass is 32.1. The Morgan fingerprint density at radius 2 is 2.06 bits per heavy atom. The molecule has 0 aliphatic carbocycles. The zero-order valence-corrected chi connectivity index (χ0v) is 20.4. The Labute approximate surface area is 205 Å². The van der Waals surface area contributed by atoms with Gasteiger partial charge in [0.1, 0.15) is 5.75 Å². The number of hydrogen-bond donors (Lipinski definition) is 0. The summed E-state index contributed by atoms with van der Waals surface area (Å²) >= 11 is 1.34. The summed E-state index contributed by atoms with van der Waals surface area (Å²) in [5.41, 5.74) is -1.44. The van der Waals surface area contributed by atoms with E-state index in [-0.39, 0.29) is 28.7 Å². The van der Waals surface area contributed by atoms with E-state index in [2.05, 4.69) is 9.98 Å². The number of rotatable bonds is 5. The highest BCUT2D eigenvalue weighted by Crippen LogP contribution is 2.34. The minimum atomic E-state index is -4.62. The van der Waals surface area contributed by atoms with Gasteiger partial charge in [-0.05, 0) is 42.5 Å². The molecule has 0 saturated carbocycles. The van der Waals surface area contributed by atoms with Gasteiger partial charge in [-0.3, -0.25) is 4.79 Å². The number of benzene rings is 1. The number of ether oxygens (including phenoxy) is 2. The van der Waals surface area contributed by atoms with Crippen LogP contribution in [-0.2, 0) is 22.9 Å². The number of aromatic nitrogens is 2. The van der Waals surface area contributed by atoms with Gasteiger partial charge in [0, 0.05) is 29.9 Å². The molecule has 0 bridgehead atoms. The molecule has 1 aromatic carbocycles. The third-order valence-corrected chi connectivity index (χ3v) is 6.92. The lowest BCUT2D eigenvalue weighted by Gasteiger charge is -2.15. The highest BCUT2D eigenvalue weighted by Gasteiger charge is 2.32. The molecule has 3 aromatic rings. The van der Waals surface area contributed by atoms with Gasteiger partial charge >= 0.3 is 6.18 Å². The van der Waals surface area contributed by atoms with Crippen molar-refractivity contribution in [3.63, 3.8) is 0 Å². The fraction of sp³-hybridized carbons (Fsp3) is 0.400. The smallest absolute Gasteiger partial charge is 0.416 e. The second-order valence-corrected chi connectivity index (χ2v) is 10.3. The van der Waals surface area contributed by atoms with Crippen LogP contribution in [-0.4, -0.2) is 28.2 Å². The molecule has 35 heavy (non-hydrogen) atoms. The van der Waals surface area contributed by atoms with E-state index in [1.54, 1.807) is 18.2 Å². The number of halogens is 3. The van der Waals surface area contributed by atoms with Crippen LogP contribution < -0.4 is 9.54 Å². The van der Waals surface area contributed by atoms with Crippen LogP contribution >= 0.6 is 11.3 Å². The number of hydrogen-bond acceptors (Lipinski definition) is 5. The van der Waals surface area contributed by atoms with Crippen LogP contribution in [0.2, 0.25) is 0 Å². The van der Waals surface area contributed by atoms with Gasteiger partial charge < -0.3 is 14.0 Å². The Bertz CT molecular complexity index is 1250. The molecule has 0 spiro atoms. The van der Waals surface area contributed by atoms with Gasteiger partial charge in [0.05, 0.1) is 23.8 Å². The minimum Gasteiger partial charge on any atom is -0.438 e. The van der Waals surface area contributed by atoms with E-state index >= 15 is 0 Å². The predicted octanol–water partition coefficient (Wildman–Crippen LogP) is 5.97. The standard InChI is InChI=1S/C25H26F3N3O3S/c1-24(2,3)20-15-31(14-17-7-6-12-33-17)23(35-20)30-22(32)18-13-16(25(26,27)28)9-10-19(18)34-21-8-4-5-11-29-21/h4-5,8-11,13,15,17H,6-7,12,14H2,1-3H3/b30-23-. The van der Waals surface area contributed by atoms with Crippen molar-refractivity contribution in [2.24, 2.45) is 4.99 Å². The molecule has 3 heterocycles. The van der Waals surface area contributed by atoms with Crippen LogP contribution in [0.15, 0.2) is 53.8 Å². The molecular weight excluding hydrogens is 479 g/mol. The molecule has 1 atom stereocenters. The van der Waals surface area contributed by atoms with Gasteiger partial charge in [0.25, 0.3) is 5.91 Å². The fourth-order valence-corrected chi connectivity index (χ4v) is 4.64. The highest BCUT2D eigenvalue weighted by molar-refractivity contribution is 7.09. The van der Waals surface area contributed by atoms with Crippen LogP contribution in [0.5, 0.6) is 11.6 Å². The van der Waals surface area contributed by atoms with Crippen LogP contribution in [0, 0.1) is 0 Å². The number of carbonyl (C=O) groups is 1. The molecule has 1 saturated heterocycles. The second kappa shape index (κ2) is 9.94. The maximum absolute atomic E-state index is 13.4. The first-order valence-corrected chi connectivity index (χ1v) is 12.0. The van der Waals surface area contributed by atoms with Gasteiger partial charge in [0.2, 0.25) is 5.88 Å². The monoisotopic (exact) mass is 505 g/mol. The topological polar surface area (TPSA) is 65.7 Å². The summed E-state index contributed by atoms with van der Waals surface area (Å²) in [6.45, 7) is 7.34. The summed E-state index contributed by atoms with van der Waals surface area (Å²) in [7, 11) is 0. The molecule has 1 fully saturated rings. The van der Waals surface area contributed by atoms with E-state index in [4.69, 9.17) is 9.47 Å². The Kier molecular flexibility index (Phi) is 7.14. The number of nitrogens with zero attached hydrogens (tertiary/aromatic N) is 3. The summed E-state index contributed by atoms with van der Waals surface area (Å²) in [6, 6.07) is 7.66. The lowest BCUT2D eigenvalue weighted by Crippen LogP contribution is -2.23. The summed E-state index contributed by atoms with van der Waals surface area (Å²) in [5.74, 6) is -0.727. The SMILES string of the molecule is CC(C)(C)c1cn(CC2CCCO2)/c(=N/C(=O)c2cc(C(F)(F)F)ccc2Oc2ccccn2)s1. The lowest BCUT2D eigenvalue weighted by molar-refractivity contribution is -0.137. The summed E-state index contributed by atoms with van der Waals surface area (Å²) in [6.07, 6.45) is 0.667. The molecule has 2 aromatic heterocycles. The Morgan fingerprint density at radius 3 is 2.69 bits per heavy atom. The lowest BCUT2D eigenvalue weighted by atomic mass is 9.95. The zero-order valence-electron chi connectivity index (χ0n) is 19.6. The van der Waals surface area contributed by atoms with Crippen molar-refractivity contribution < 1.29 is 27.4 Å². The van der Waals surface area contributed by atoms with Gasteiger partial charge in [-0.1, -0.05) is 26.8 Å². The van der Waals surface area contributed by atoms with Crippen molar-refractivity contribution in [1.29, 1.82) is 0 Å². The largest absolute Gasteiger partial charge is 0.438 e. The Balaban J connectivity index is 1.77. The van der Waals surface area contributed by atoms with Crippen molar-refractivity contribution in [3.8, 4) is 11.6 Å². The molecule has 1 amide bonds. The van der Waals surface area contributed by atoms with Crippen molar-refractivity contribution in [2.75, 3.05) is 6.61 Å². The number of amides is 1. The van der Waals surface area contributed by atoms with Crippen molar-refractivity contribution >= 4 is 17.2 Å². The first kappa shape index (κ1) is 25.1. The minimum absolute atomic E-state index is 0.00285. The predicted molar refractivity (Wildman–Crippen MR) is 126 cm³/mol. The fourth-order valence-electron chi connectivity index (χ4n) is 3.58. The van der Waals surface area contributed by atoms with Crippen LogP contribution in [0.25, 0.3) is 0 Å². The maximum atomic E-state index is 13.4. The maximum Gasteiger partial charge on any atom is 0.416 e. The first-order valence-electron chi connectivity index (χ1n) is 11.2. The molecular formula is C25H26F3N3O3S. The van der Waals surface area contributed by atoms with E-state index in [0.717, 1.165) is 35.9 Å². The van der Waals surface area contributed by atoms with Gasteiger partial charge in [0.15, 0.2) is 4.80 Å². The van der Waals surface area contributed by atoms with E-state index in [0.29, 0.717) is 18.0 Å². The van der Waals surface area contributed by atoms with Crippen molar-refractivity contribution in [3.05, 3.63) is 69.6 Å². The summed E-state index contributed by atoms with van der Waals surface area (Å²) in [4.78, 5) is 23.0. The van der Waals surface area contributed by atoms with Gasteiger partial charge in [-0.2, -0.15) is 18.2 Å². The van der Waals surface area contributed by atoms with E-state index < -0.39 is 17.6 Å². The third kappa shape index (κ3) is 6.18. The molecule has 10 heteroatoms. The van der Waals surface area contributed by atoms with Crippen LogP contribution in [0.3, 0.4) is 0 Å². The van der Waals surface area contributed by atoms with E-state index in [1.807, 2.05) is 31.5 Å². The number of carbonyl (C=O) groups excluding carboxylic acids is 1. The Morgan fingerprint density at radius 1 is 1.26 bits per heavy atom. The van der Waals surface area contributed by atoms with Crippen LogP contribution in [0.4, 0.5) is 13.2 Å². The Hall–Kier alpha value is -2.98. The molecule has 4 rings (SSSR count). The van der Waals surface area contributed by atoms with Gasteiger partial charge in [-0.15, -0.1) is 11.3 Å². The third-order valence-electron chi connectivity index (χ3n) is 5.47. The molecule has 0 radical (unpaired) electrons. The molecule has 186 valence electrons. The number of alkyl halides is 3. The molecule has 0 N–H and O–H groups in total. The van der Waals surface area contributed by atoms with E-state index in [1.165, 1.54) is 17.5 Å². The van der Waals surface area contributed by atoms with Crippen molar-refractivity contribution in [2.45, 2.75) is 57.9 Å². The molecule has 1 unspecified atom stereocenters. The van der Waals surface area contributed by atoms with Crippen molar-refractivity contribution in [1.82, 2.24) is 9.55 Å². The molecule has 1 aliphatic rings. The second-order valence-electron chi connectivity index (χ2n) is 9.31. The first-order chi connectivity index (χ1) is 16.5. The molecule has 6 nitrogen and oxygen atoms in total. The number of pyridine rings is 1. The summed E-state index contributed by atoms with van der Waals surface area (Å²) < 4.78 is 53.5. The van der Waals surface area contributed by atoms with Crippen LogP contribution in [0.1, 0.15) is 54.4 Å². The summed E-state index contributed by atoms with van der Waals surface area (Å²) in [5, 5.41) is 0. The van der Waals surface area contributed by atoms with E-state index in [9.17, 15) is 18.0 Å². The molecule has 1 aliphatic heterocycles. The average Bonchev–Trinajstić information content (AvgIpc) is 3.44. The number of thiazole rings is 1. The quantitative estimate of drug-likeness (QED) is 0.428.